The Labute approximate surface area is 116 Å². The van der Waals surface area contributed by atoms with Gasteiger partial charge in [-0.1, -0.05) is 20.8 Å². The van der Waals surface area contributed by atoms with Gasteiger partial charge in [-0.3, -0.25) is 0 Å². The minimum absolute atomic E-state index is 0.0812. The van der Waals surface area contributed by atoms with Crippen LogP contribution < -0.4 is 0 Å². The van der Waals surface area contributed by atoms with Crippen molar-refractivity contribution in [3.05, 3.63) is 28.9 Å². The van der Waals surface area contributed by atoms with Crippen molar-refractivity contribution in [2.75, 3.05) is 0 Å². The first kappa shape index (κ1) is 13.2. The zero-order valence-corrected chi connectivity index (χ0v) is 12.7. The van der Waals surface area contributed by atoms with E-state index < -0.39 is 0 Å². The van der Waals surface area contributed by atoms with Gasteiger partial charge in [0.2, 0.25) is 0 Å². The molecule has 0 aliphatic rings. The molecule has 0 bridgehead atoms. The first-order valence-electron chi connectivity index (χ1n) is 5.98. The SMILES string of the molecule is CCn1ccnc1-c1cc(Br)nc(C(C)(C)C)n1. The van der Waals surface area contributed by atoms with E-state index in [2.05, 4.69) is 63.1 Å². The number of rotatable bonds is 2. The van der Waals surface area contributed by atoms with Crippen LogP contribution in [0.1, 0.15) is 33.5 Å². The highest BCUT2D eigenvalue weighted by Crippen LogP contribution is 2.24. The van der Waals surface area contributed by atoms with Crippen LogP contribution in [0.25, 0.3) is 11.5 Å². The molecular weight excluding hydrogens is 292 g/mol. The van der Waals surface area contributed by atoms with Crippen LogP contribution in [0, 0.1) is 0 Å². The summed E-state index contributed by atoms with van der Waals surface area (Å²) in [6.07, 6.45) is 3.76. The van der Waals surface area contributed by atoms with Gasteiger partial charge >= 0.3 is 0 Å². The van der Waals surface area contributed by atoms with E-state index in [1.807, 2.05) is 12.3 Å². The molecule has 2 aromatic rings. The lowest BCUT2D eigenvalue weighted by molar-refractivity contribution is 0.543. The topological polar surface area (TPSA) is 43.6 Å². The van der Waals surface area contributed by atoms with Gasteiger partial charge in [0.15, 0.2) is 5.82 Å². The fraction of sp³-hybridized carbons (Fsp3) is 0.462. The molecule has 0 aliphatic heterocycles. The van der Waals surface area contributed by atoms with Crippen molar-refractivity contribution in [3.8, 4) is 11.5 Å². The third kappa shape index (κ3) is 2.61. The van der Waals surface area contributed by atoms with E-state index in [9.17, 15) is 0 Å². The van der Waals surface area contributed by atoms with Gasteiger partial charge < -0.3 is 4.57 Å². The quantitative estimate of drug-likeness (QED) is 0.798. The summed E-state index contributed by atoms with van der Waals surface area (Å²) in [4.78, 5) is 13.4. The molecule has 5 heteroatoms. The summed E-state index contributed by atoms with van der Waals surface area (Å²) in [5, 5.41) is 0. The van der Waals surface area contributed by atoms with Crippen LogP contribution in [0.5, 0.6) is 0 Å². The Hall–Kier alpha value is -1.23. The first-order chi connectivity index (χ1) is 8.41. The Balaban J connectivity index is 2.56. The monoisotopic (exact) mass is 308 g/mol. The van der Waals surface area contributed by atoms with Gasteiger partial charge in [0.05, 0.1) is 0 Å². The van der Waals surface area contributed by atoms with Crippen molar-refractivity contribution in [3.63, 3.8) is 0 Å². The summed E-state index contributed by atoms with van der Waals surface area (Å²) in [7, 11) is 0. The summed E-state index contributed by atoms with van der Waals surface area (Å²) < 4.78 is 2.87. The van der Waals surface area contributed by atoms with Crippen molar-refractivity contribution < 1.29 is 0 Å². The highest BCUT2D eigenvalue weighted by atomic mass is 79.9. The highest BCUT2D eigenvalue weighted by molar-refractivity contribution is 9.10. The van der Waals surface area contributed by atoms with Crippen molar-refractivity contribution >= 4 is 15.9 Å². The van der Waals surface area contributed by atoms with Crippen LogP contribution in [0.4, 0.5) is 0 Å². The first-order valence-corrected chi connectivity index (χ1v) is 6.77. The van der Waals surface area contributed by atoms with E-state index in [4.69, 9.17) is 0 Å². The molecule has 0 atom stereocenters. The summed E-state index contributed by atoms with van der Waals surface area (Å²) in [6.45, 7) is 9.27. The lowest BCUT2D eigenvalue weighted by Gasteiger charge is -2.17. The fourth-order valence-electron chi connectivity index (χ4n) is 1.67. The van der Waals surface area contributed by atoms with Gasteiger partial charge in [-0.2, -0.15) is 0 Å². The predicted molar refractivity (Wildman–Crippen MR) is 75.3 cm³/mol. The van der Waals surface area contributed by atoms with Gasteiger partial charge in [-0.05, 0) is 22.9 Å². The lowest BCUT2D eigenvalue weighted by Crippen LogP contribution is -2.17. The summed E-state index contributed by atoms with van der Waals surface area (Å²) in [5.41, 5.74) is 0.774. The maximum absolute atomic E-state index is 4.63. The van der Waals surface area contributed by atoms with Crippen LogP contribution in [0.15, 0.2) is 23.1 Å². The third-order valence-electron chi connectivity index (χ3n) is 2.65. The van der Waals surface area contributed by atoms with E-state index in [1.165, 1.54) is 0 Å². The van der Waals surface area contributed by atoms with Crippen LogP contribution in [0.3, 0.4) is 0 Å². The molecule has 0 fully saturated rings. The zero-order chi connectivity index (χ0) is 13.3. The molecule has 0 radical (unpaired) electrons. The van der Waals surface area contributed by atoms with E-state index in [-0.39, 0.29) is 5.41 Å². The Morgan fingerprint density at radius 1 is 1.28 bits per heavy atom. The highest BCUT2D eigenvalue weighted by Gasteiger charge is 2.20. The Morgan fingerprint density at radius 2 is 2.00 bits per heavy atom. The Morgan fingerprint density at radius 3 is 2.61 bits per heavy atom. The molecule has 0 spiro atoms. The minimum atomic E-state index is -0.0812. The number of hydrogen-bond acceptors (Lipinski definition) is 3. The van der Waals surface area contributed by atoms with Crippen LogP contribution >= 0.6 is 15.9 Å². The largest absolute Gasteiger partial charge is 0.330 e. The summed E-state index contributed by atoms with van der Waals surface area (Å²) >= 11 is 3.45. The third-order valence-corrected chi connectivity index (χ3v) is 3.06. The van der Waals surface area contributed by atoms with Crippen molar-refractivity contribution in [1.29, 1.82) is 0 Å². The molecule has 0 aliphatic carbocycles. The molecule has 0 saturated heterocycles. The standard InChI is InChI=1S/C13H17BrN4/c1-5-18-7-6-15-11(18)9-8-10(14)17-12(16-9)13(2,3)4/h6-8H,5H2,1-4H3. The average Bonchev–Trinajstić information content (AvgIpc) is 2.74. The second-order valence-corrected chi connectivity index (χ2v) is 6.00. The van der Waals surface area contributed by atoms with Crippen LogP contribution in [-0.4, -0.2) is 19.5 Å². The van der Waals surface area contributed by atoms with E-state index in [0.29, 0.717) is 0 Å². The van der Waals surface area contributed by atoms with E-state index in [1.54, 1.807) is 6.20 Å². The van der Waals surface area contributed by atoms with Crippen molar-refractivity contribution in [2.24, 2.45) is 0 Å². The molecule has 0 saturated carbocycles. The van der Waals surface area contributed by atoms with E-state index >= 15 is 0 Å². The molecular formula is C13H17BrN4. The molecule has 0 unspecified atom stereocenters. The number of imidazole rings is 1. The molecule has 2 heterocycles. The second kappa shape index (κ2) is 4.80. The zero-order valence-electron chi connectivity index (χ0n) is 11.1. The predicted octanol–water partition coefficient (Wildman–Crippen LogP) is 3.42. The normalized spacial score (nSPS) is 11.8. The van der Waals surface area contributed by atoms with Crippen molar-refractivity contribution in [2.45, 2.75) is 39.7 Å². The van der Waals surface area contributed by atoms with Crippen molar-refractivity contribution in [1.82, 2.24) is 19.5 Å². The fourth-order valence-corrected chi connectivity index (χ4v) is 2.05. The molecule has 0 N–H and O–H groups in total. The number of aromatic nitrogens is 4. The minimum Gasteiger partial charge on any atom is -0.330 e. The second-order valence-electron chi connectivity index (χ2n) is 5.19. The van der Waals surface area contributed by atoms with Gasteiger partial charge in [-0.25, -0.2) is 15.0 Å². The summed E-state index contributed by atoms with van der Waals surface area (Å²) in [5.74, 6) is 1.70. The van der Waals surface area contributed by atoms with Crippen LogP contribution in [-0.2, 0) is 12.0 Å². The van der Waals surface area contributed by atoms with Gasteiger partial charge in [0.1, 0.15) is 16.1 Å². The van der Waals surface area contributed by atoms with Gasteiger partial charge in [-0.15, -0.1) is 0 Å². The van der Waals surface area contributed by atoms with E-state index in [0.717, 1.165) is 28.5 Å². The number of hydrogen-bond donors (Lipinski definition) is 0. The number of nitrogens with zero attached hydrogens (tertiary/aromatic N) is 4. The maximum Gasteiger partial charge on any atom is 0.158 e. The molecule has 0 aromatic carbocycles. The molecule has 0 amide bonds. The van der Waals surface area contributed by atoms with Gasteiger partial charge in [0, 0.05) is 30.4 Å². The molecule has 18 heavy (non-hydrogen) atoms. The number of halogens is 1. The molecule has 4 nitrogen and oxygen atoms in total. The lowest BCUT2D eigenvalue weighted by atomic mass is 9.95. The van der Waals surface area contributed by atoms with Crippen LogP contribution in [0.2, 0.25) is 0 Å². The molecule has 2 rings (SSSR count). The van der Waals surface area contributed by atoms with Gasteiger partial charge in [0.25, 0.3) is 0 Å². The smallest absolute Gasteiger partial charge is 0.158 e. The molecule has 96 valence electrons. The summed E-state index contributed by atoms with van der Waals surface area (Å²) in [6, 6.07) is 1.91. The maximum atomic E-state index is 4.63. The Bertz CT molecular complexity index is 554. The number of aryl methyl sites for hydroxylation is 1. The Kier molecular flexibility index (Phi) is 3.52. The molecule has 2 aromatic heterocycles. The average molecular weight is 309 g/mol.